The third kappa shape index (κ3) is 5.46. The molecule has 2 aromatic rings. The summed E-state index contributed by atoms with van der Waals surface area (Å²) in [6.45, 7) is 3.98. The van der Waals surface area contributed by atoms with E-state index in [1.165, 1.54) is 14.2 Å². The first-order chi connectivity index (χ1) is 12.4. The molecule has 0 aliphatic rings. The summed E-state index contributed by atoms with van der Waals surface area (Å²) in [5.41, 5.74) is 1.30. The zero-order valence-corrected chi connectivity index (χ0v) is 16.0. The summed E-state index contributed by atoms with van der Waals surface area (Å²) >= 11 is 6.07. The number of carbonyl (C=O) groups is 1. The average molecular weight is 379 g/mol. The summed E-state index contributed by atoms with van der Waals surface area (Å²) < 4.78 is 16.0. The third-order valence-electron chi connectivity index (χ3n) is 3.42. The molecule has 0 fully saturated rings. The highest BCUT2D eigenvalue weighted by Crippen LogP contribution is 2.35. The maximum absolute atomic E-state index is 12.2. The lowest BCUT2D eigenvalue weighted by atomic mass is 10.2. The molecule has 0 spiro atoms. The van der Waals surface area contributed by atoms with E-state index < -0.39 is 0 Å². The van der Waals surface area contributed by atoms with Crippen molar-refractivity contribution in [1.82, 2.24) is 0 Å². The van der Waals surface area contributed by atoms with Crippen molar-refractivity contribution in [2.75, 3.05) is 31.4 Å². The van der Waals surface area contributed by atoms with E-state index in [0.717, 1.165) is 5.75 Å². The van der Waals surface area contributed by atoms with Crippen LogP contribution in [0.2, 0.25) is 5.02 Å². The minimum atomic E-state index is -0.196. The Balaban J connectivity index is 1.96. The predicted octanol–water partition coefficient (Wildman–Crippen LogP) is 4.20. The molecular formula is C19H23ClN2O4. The molecule has 0 bridgehead atoms. The largest absolute Gasteiger partial charge is 0.495 e. The topological polar surface area (TPSA) is 68.8 Å². The second kappa shape index (κ2) is 9.20. The minimum Gasteiger partial charge on any atom is -0.495 e. The lowest BCUT2D eigenvalue weighted by molar-refractivity contribution is -0.114. The zero-order chi connectivity index (χ0) is 19.1. The monoisotopic (exact) mass is 378 g/mol. The van der Waals surface area contributed by atoms with E-state index in [1.807, 2.05) is 26.0 Å². The van der Waals surface area contributed by atoms with Crippen LogP contribution < -0.4 is 24.8 Å². The van der Waals surface area contributed by atoms with Crippen LogP contribution in [0.3, 0.4) is 0 Å². The van der Waals surface area contributed by atoms with Crippen molar-refractivity contribution in [2.24, 2.45) is 0 Å². The highest BCUT2D eigenvalue weighted by atomic mass is 35.5. The lowest BCUT2D eigenvalue weighted by Crippen LogP contribution is -2.22. The maximum Gasteiger partial charge on any atom is 0.243 e. The average Bonchev–Trinajstić information content (AvgIpc) is 2.61. The summed E-state index contributed by atoms with van der Waals surface area (Å²) in [6.07, 6.45) is 0.103. The number of benzene rings is 2. The fraction of sp³-hybridized carbons (Fsp3) is 0.316. The Morgan fingerprint density at radius 3 is 2.31 bits per heavy atom. The molecule has 6 nitrogen and oxygen atoms in total. The van der Waals surface area contributed by atoms with Crippen LogP contribution in [-0.2, 0) is 4.79 Å². The van der Waals surface area contributed by atoms with E-state index in [-0.39, 0.29) is 18.6 Å². The molecule has 2 aromatic carbocycles. The van der Waals surface area contributed by atoms with Crippen molar-refractivity contribution in [3.63, 3.8) is 0 Å². The van der Waals surface area contributed by atoms with E-state index in [1.54, 1.807) is 24.3 Å². The molecule has 0 heterocycles. The van der Waals surface area contributed by atoms with Gasteiger partial charge in [-0.05, 0) is 38.1 Å². The van der Waals surface area contributed by atoms with Crippen LogP contribution in [0, 0.1) is 0 Å². The van der Waals surface area contributed by atoms with Crippen LogP contribution in [0.1, 0.15) is 13.8 Å². The highest BCUT2D eigenvalue weighted by molar-refractivity contribution is 6.32. The summed E-state index contributed by atoms with van der Waals surface area (Å²) in [5.74, 6) is 1.59. The van der Waals surface area contributed by atoms with Crippen LogP contribution in [0.25, 0.3) is 0 Å². The van der Waals surface area contributed by atoms with Crippen LogP contribution >= 0.6 is 11.6 Å². The quantitative estimate of drug-likeness (QED) is 0.720. The van der Waals surface area contributed by atoms with Gasteiger partial charge in [-0.15, -0.1) is 0 Å². The smallest absolute Gasteiger partial charge is 0.243 e. The first kappa shape index (κ1) is 19.7. The van der Waals surface area contributed by atoms with Gasteiger partial charge in [-0.25, -0.2) is 0 Å². The van der Waals surface area contributed by atoms with Crippen molar-refractivity contribution >= 4 is 28.9 Å². The number of rotatable bonds is 8. The van der Waals surface area contributed by atoms with Crippen LogP contribution in [0.15, 0.2) is 36.4 Å². The molecule has 26 heavy (non-hydrogen) atoms. The van der Waals surface area contributed by atoms with Crippen molar-refractivity contribution < 1.29 is 19.0 Å². The Kier molecular flexibility index (Phi) is 6.97. The van der Waals surface area contributed by atoms with Crippen LogP contribution in [-0.4, -0.2) is 32.8 Å². The summed E-state index contributed by atoms with van der Waals surface area (Å²) in [6, 6.07) is 10.5. The molecule has 2 N–H and O–H groups in total. The molecule has 0 radical (unpaired) electrons. The number of carbonyl (C=O) groups excluding carboxylic acids is 1. The molecule has 0 aliphatic heterocycles. The Morgan fingerprint density at radius 1 is 1.08 bits per heavy atom. The van der Waals surface area contributed by atoms with Gasteiger partial charge in [0.15, 0.2) is 0 Å². The lowest BCUT2D eigenvalue weighted by Gasteiger charge is -2.14. The normalized spacial score (nSPS) is 10.4. The van der Waals surface area contributed by atoms with Gasteiger partial charge in [-0.3, -0.25) is 4.79 Å². The predicted molar refractivity (Wildman–Crippen MR) is 104 cm³/mol. The van der Waals surface area contributed by atoms with Gasteiger partial charge in [-0.1, -0.05) is 11.6 Å². The molecule has 2 rings (SSSR count). The van der Waals surface area contributed by atoms with Gasteiger partial charge in [0.05, 0.1) is 37.6 Å². The van der Waals surface area contributed by atoms with Gasteiger partial charge in [0.2, 0.25) is 5.91 Å². The van der Waals surface area contributed by atoms with Crippen molar-refractivity contribution in [3.05, 3.63) is 41.4 Å². The second-order valence-electron chi connectivity index (χ2n) is 5.78. The minimum absolute atomic E-state index is 0.0609. The fourth-order valence-corrected chi connectivity index (χ4v) is 2.50. The Hall–Kier alpha value is -2.60. The SMILES string of the molecule is COc1cc(NCC(=O)Nc2ccc(OC(C)C)cc2)c(OC)cc1Cl. The molecule has 0 saturated carbocycles. The number of nitrogens with one attached hydrogen (secondary N) is 2. The molecule has 0 unspecified atom stereocenters. The van der Waals surface area contributed by atoms with E-state index in [0.29, 0.717) is 27.9 Å². The van der Waals surface area contributed by atoms with Crippen LogP contribution in [0.5, 0.6) is 17.2 Å². The van der Waals surface area contributed by atoms with E-state index in [2.05, 4.69) is 10.6 Å². The van der Waals surface area contributed by atoms with Crippen molar-refractivity contribution in [1.29, 1.82) is 0 Å². The van der Waals surface area contributed by atoms with Gasteiger partial charge in [0.1, 0.15) is 17.2 Å². The number of hydrogen-bond acceptors (Lipinski definition) is 5. The molecular weight excluding hydrogens is 356 g/mol. The molecule has 0 atom stereocenters. The third-order valence-corrected chi connectivity index (χ3v) is 3.72. The molecule has 0 aromatic heterocycles. The number of hydrogen-bond donors (Lipinski definition) is 2. The standard InChI is InChI=1S/C19H23ClN2O4/c1-12(2)26-14-7-5-13(6-8-14)22-19(23)11-21-16-10-17(24-3)15(20)9-18(16)25-4/h5-10,12,21H,11H2,1-4H3,(H,22,23). The van der Waals surface area contributed by atoms with E-state index >= 15 is 0 Å². The first-order valence-electron chi connectivity index (χ1n) is 8.15. The Labute approximate surface area is 158 Å². The Bertz CT molecular complexity index is 748. The molecule has 0 aliphatic carbocycles. The van der Waals surface area contributed by atoms with Crippen LogP contribution in [0.4, 0.5) is 11.4 Å². The van der Waals surface area contributed by atoms with E-state index in [4.69, 9.17) is 25.8 Å². The fourth-order valence-electron chi connectivity index (χ4n) is 2.27. The van der Waals surface area contributed by atoms with Gasteiger partial charge in [0, 0.05) is 17.8 Å². The molecule has 140 valence electrons. The highest BCUT2D eigenvalue weighted by Gasteiger charge is 2.11. The van der Waals surface area contributed by atoms with E-state index in [9.17, 15) is 4.79 Å². The number of anilines is 2. The molecule has 1 amide bonds. The zero-order valence-electron chi connectivity index (χ0n) is 15.3. The molecule has 7 heteroatoms. The maximum atomic E-state index is 12.2. The number of halogens is 1. The van der Waals surface area contributed by atoms with Gasteiger partial charge in [0.25, 0.3) is 0 Å². The second-order valence-corrected chi connectivity index (χ2v) is 6.19. The summed E-state index contributed by atoms with van der Waals surface area (Å²) in [5, 5.41) is 6.27. The van der Waals surface area contributed by atoms with Gasteiger partial charge >= 0.3 is 0 Å². The molecule has 0 saturated heterocycles. The number of amides is 1. The Morgan fingerprint density at radius 2 is 1.73 bits per heavy atom. The number of ether oxygens (including phenoxy) is 3. The van der Waals surface area contributed by atoms with Gasteiger partial charge in [-0.2, -0.15) is 0 Å². The summed E-state index contributed by atoms with van der Waals surface area (Å²) in [4.78, 5) is 12.2. The number of methoxy groups -OCH3 is 2. The van der Waals surface area contributed by atoms with Crippen molar-refractivity contribution in [2.45, 2.75) is 20.0 Å². The van der Waals surface area contributed by atoms with Crippen molar-refractivity contribution in [3.8, 4) is 17.2 Å². The van der Waals surface area contributed by atoms with Gasteiger partial charge < -0.3 is 24.8 Å². The first-order valence-corrected chi connectivity index (χ1v) is 8.52. The summed E-state index contributed by atoms with van der Waals surface area (Å²) in [7, 11) is 3.06.